The van der Waals surface area contributed by atoms with Crippen molar-refractivity contribution in [3.8, 4) is 0 Å². The summed E-state index contributed by atoms with van der Waals surface area (Å²) in [5.74, 6) is -0.266. The monoisotopic (exact) mass is 323 g/mol. The summed E-state index contributed by atoms with van der Waals surface area (Å²) in [6.07, 6.45) is 3.19. The van der Waals surface area contributed by atoms with Crippen molar-refractivity contribution in [2.45, 2.75) is 19.9 Å². The molecule has 0 heterocycles. The van der Waals surface area contributed by atoms with Gasteiger partial charge in [-0.15, -0.1) is 0 Å². The van der Waals surface area contributed by atoms with Gasteiger partial charge in [0.1, 0.15) is 0 Å². The molecule has 0 aliphatic rings. The number of amides is 3. The summed E-state index contributed by atoms with van der Waals surface area (Å²) in [5.41, 5.74) is 2.02. The molecule has 0 atom stereocenters. The van der Waals surface area contributed by atoms with Crippen molar-refractivity contribution in [1.29, 1.82) is 0 Å². The Kier molecular flexibility index (Phi) is 6.14. The van der Waals surface area contributed by atoms with Crippen molar-refractivity contribution in [2.24, 2.45) is 0 Å². The molecular formula is C19H21N3O2. The number of hydrogen-bond acceptors (Lipinski definition) is 2. The third kappa shape index (κ3) is 5.61. The van der Waals surface area contributed by atoms with Crippen LogP contribution in [-0.2, 0) is 4.79 Å². The Labute approximate surface area is 141 Å². The Hall–Kier alpha value is -3.08. The van der Waals surface area contributed by atoms with E-state index in [1.807, 2.05) is 44.2 Å². The van der Waals surface area contributed by atoms with E-state index < -0.39 is 0 Å². The van der Waals surface area contributed by atoms with Crippen molar-refractivity contribution < 1.29 is 9.59 Å². The zero-order chi connectivity index (χ0) is 17.4. The van der Waals surface area contributed by atoms with E-state index >= 15 is 0 Å². The van der Waals surface area contributed by atoms with E-state index in [9.17, 15) is 9.59 Å². The molecule has 0 aliphatic heterocycles. The van der Waals surface area contributed by atoms with E-state index in [0.717, 1.165) is 5.56 Å². The van der Waals surface area contributed by atoms with Gasteiger partial charge in [0.25, 0.3) is 0 Å². The van der Waals surface area contributed by atoms with E-state index in [4.69, 9.17) is 0 Å². The molecule has 0 radical (unpaired) electrons. The maximum Gasteiger partial charge on any atom is 0.319 e. The van der Waals surface area contributed by atoms with Crippen molar-refractivity contribution in [3.05, 3.63) is 66.2 Å². The smallest absolute Gasteiger partial charge is 0.319 e. The molecule has 2 rings (SSSR count). The normalized spacial score (nSPS) is 10.6. The fourth-order valence-corrected chi connectivity index (χ4v) is 2.03. The van der Waals surface area contributed by atoms with Gasteiger partial charge in [-0.05, 0) is 37.6 Å². The number of benzene rings is 2. The van der Waals surface area contributed by atoms with Crippen LogP contribution in [0.5, 0.6) is 0 Å². The Morgan fingerprint density at radius 1 is 0.875 bits per heavy atom. The van der Waals surface area contributed by atoms with Crippen LogP contribution in [-0.4, -0.2) is 18.0 Å². The van der Waals surface area contributed by atoms with Crippen LogP contribution < -0.4 is 16.0 Å². The van der Waals surface area contributed by atoms with Gasteiger partial charge < -0.3 is 16.0 Å². The summed E-state index contributed by atoms with van der Waals surface area (Å²) in [7, 11) is 0. The van der Waals surface area contributed by atoms with E-state index in [1.165, 1.54) is 6.08 Å². The van der Waals surface area contributed by atoms with Gasteiger partial charge in [-0.2, -0.15) is 0 Å². The average molecular weight is 323 g/mol. The lowest BCUT2D eigenvalue weighted by Gasteiger charge is -2.13. The lowest BCUT2D eigenvalue weighted by molar-refractivity contribution is -0.111. The molecule has 0 unspecified atom stereocenters. The topological polar surface area (TPSA) is 70.2 Å². The Balaban J connectivity index is 2.03. The molecule has 3 N–H and O–H groups in total. The van der Waals surface area contributed by atoms with Crippen molar-refractivity contribution >= 4 is 29.4 Å². The highest BCUT2D eigenvalue weighted by molar-refractivity contribution is 6.05. The van der Waals surface area contributed by atoms with Crippen LogP contribution in [0.1, 0.15) is 19.4 Å². The first kappa shape index (κ1) is 17.3. The molecule has 0 bridgehead atoms. The SMILES string of the molecule is CC(C)NC(=O)Nc1ccccc1NC(=O)/C=C\c1ccccc1. The molecule has 5 nitrogen and oxygen atoms in total. The van der Waals surface area contributed by atoms with Gasteiger partial charge in [0.05, 0.1) is 11.4 Å². The molecule has 0 fully saturated rings. The second-order valence-electron chi connectivity index (χ2n) is 5.53. The summed E-state index contributed by atoms with van der Waals surface area (Å²) in [6, 6.07) is 16.3. The van der Waals surface area contributed by atoms with E-state index in [1.54, 1.807) is 30.3 Å². The first-order valence-electron chi connectivity index (χ1n) is 7.75. The largest absolute Gasteiger partial charge is 0.336 e. The summed E-state index contributed by atoms with van der Waals surface area (Å²) < 4.78 is 0. The average Bonchev–Trinajstić information content (AvgIpc) is 2.55. The molecule has 2 aromatic rings. The lowest BCUT2D eigenvalue weighted by atomic mass is 10.2. The number of nitrogens with one attached hydrogen (secondary N) is 3. The third-order valence-corrected chi connectivity index (χ3v) is 3.08. The summed E-state index contributed by atoms with van der Waals surface area (Å²) in [4.78, 5) is 23.9. The highest BCUT2D eigenvalue weighted by atomic mass is 16.2. The van der Waals surface area contributed by atoms with Crippen LogP contribution in [0.15, 0.2) is 60.7 Å². The van der Waals surface area contributed by atoms with E-state index in [-0.39, 0.29) is 18.0 Å². The molecule has 5 heteroatoms. The molecule has 0 aromatic heterocycles. The fourth-order valence-electron chi connectivity index (χ4n) is 2.03. The van der Waals surface area contributed by atoms with E-state index in [2.05, 4.69) is 16.0 Å². The van der Waals surface area contributed by atoms with Crippen LogP contribution in [0, 0.1) is 0 Å². The van der Waals surface area contributed by atoms with E-state index in [0.29, 0.717) is 11.4 Å². The maximum atomic E-state index is 12.1. The first-order chi connectivity index (χ1) is 11.5. The van der Waals surface area contributed by atoms with Gasteiger partial charge >= 0.3 is 6.03 Å². The van der Waals surface area contributed by atoms with Gasteiger partial charge in [0.15, 0.2) is 0 Å². The molecule has 0 aliphatic carbocycles. The molecule has 124 valence electrons. The fraction of sp³-hybridized carbons (Fsp3) is 0.158. The zero-order valence-electron chi connectivity index (χ0n) is 13.7. The minimum atomic E-state index is -0.313. The van der Waals surface area contributed by atoms with Gasteiger partial charge in [-0.3, -0.25) is 4.79 Å². The number of para-hydroxylation sites is 2. The Bertz CT molecular complexity index is 724. The van der Waals surface area contributed by atoms with Crippen LogP contribution >= 0.6 is 0 Å². The van der Waals surface area contributed by atoms with Crippen LogP contribution in [0.2, 0.25) is 0 Å². The zero-order valence-corrected chi connectivity index (χ0v) is 13.7. The predicted octanol–water partition coefficient (Wildman–Crippen LogP) is 3.87. The van der Waals surface area contributed by atoms with Crippen molar-refractivity contribution in [2.75, 3.05) is 10.6 Å². The second-order valence-corrected chi connectivity index (χ2v) is 5.53. The quantitative estimate of drug-likeness (QED) is 0.731. The van der Waals surface area contributed by atoms with Crippen LogP contribution in [0.25, 0.3) is 6.08 Å². The third-order valence-electron chi connectivity index (χ3n) is 3.08. The Morgan fingerprint density at radius 3 is 2.08 bits per heavy atom. The molecule has 2 aromatic carbocycles. The van der Waals surface area contributed by atoms with Crippen molar-refractivity contribution in [3.63, 3.8) is 0 Å². The summed E-state index contributed by atoms with van der Waals surface area (Å²) >= 11 is 0. The summed E-state index contributed by atoms with van der Waals surface area (Å²) in [5, 5.41) is 8.25. The van der Waals surface area contributed by atoms with Crippen LogP contribution in [0.4, 0.5) is 16.2 Å². The number of urea groups is 1. The standard InChI is InChI=1S/C19H21N3O2/c1-14(2)20-19(24)22-17-11-7-6-10-16(17)21-18(23)13-12-15-8-4-3-5-9-15/h3-14H,1-2H3,(H,21,23)(H2,20,22,24)/b13-12-. The van der Waals surface area contributed by atoms with Crippen LogP contribution in [0.3, 0.4) is 0 Å². The minimum absolute atomic E-state index is 0.0283. The predicted molar refractivity (Wildman–Crippen MR) is 97.8 cm³/mol. The molecule has 0 spiro atoms. The lowest BCUT2D eigenvalue weighted by Crippen LogP contribution is -2.34. The molecule has 0 saturated carbocycles. The summed E-state index contributed by atoms with van der Waals surface area (Å²) in [6.45, 7) is 3.75. The minimum Gasteiger partial charge on any atom is -0.336 e. The van der Waals surface area contributed by atoms with Gasteiger partial charge in [-0.25, -0.2) is 4.79 Å². The number of carbonyl (C=O) groups excluding carboxylic acids is 2. The van der Waals surface area contributed by atoms with Gasteiger partial charge in [-0.1, -0.05) is 42.5 Å². The molecule has 24 heavy (non-hydrogen) atoms. The number of hydrogen-bond donors (Lipinski definition) is 3. The Morgan fingerprint density at radius 2 is 1.46 bits per heavy atom. The first-order valence-corrected chi connectivity index (χ1v) is 7.75. The molecular weight excluding hydrogens is 302 g/mol. The number of carbonyl (C=O) groups is 2. The second kappa shape index (κ2) is 8.53. The number of rotatable bonds is 5. The molecule has 0 saturated heterocycles. The number of anilines is 2. The van der Waals surface area contributed by atoms with Crippen molar-refractivity contribution in [1.82, 2.24) is 5.32 Å². The highest BCUT2D eigenvalue weighted by Gasteiger charge is 2.08. The van der Waals surface area contributed by atoms with Gasteiger partial charge in [0, 0.05) is 12.1 Å². The maximum absolute atomic E-state index is 12.1. The highest BCUT2D eigenvalue weighted by Crippen LogP contribution is 2.21. The molecule has 3 amide bonds. The van der Waals surface area contributed by atoms with Gasteiger partial charge in [0.2, 0.25) is 5.91 Å².